The van der Waals surface area contributed by atoms with Gasteiger partial charge in [0.05, 0.1) is 0 Å². The number of hydrogen-bond acceptors (Lipinski definition) is 3. The monoisotopic (exact) mass is 298 g/mol. The van der Waals surface area contributed by atoms with Crippen LogP contribution in [-0.4, -0.2) is 35.5 Å². The molecule has 0 heterocycles. The summed E-state index contributed by atoms with van der Waals surface area (Å²) in [6.45, 7) is 4.07. The zero-order chi connectivity index (χ0) is 15.8. The van der Waals surface area contributed by atoms with Crippen molar-refractivity contribution in [2.24, 2.45) is 11.8 Å². The van der Waals surface area contributed by atoms with E-state index < -0.39 is 12.0 Å². The van der Waals surface area contributed by atoms with Crippen LogP contribution in [0.15, 0.2) is 0 Å². The highest BCUT2D eigenvalue weighted by Gasteiger charge is 2.23. The molecule has 0 aromatic carbocycles. The second-order valence-electron chi connectivity index (χ2n) is 6.11. The summed E-state index contributed by atoms with van der Waals surface area (Å²) < 4.78 is 0. The van der Waals surface area contributed by atoms with Crippen molar-refractivity contribution in [3.63, 3.8) is 0 Å². The average Bonchev–Trinajstić information content (AvgIpc) is 2.91. The molecule has 0 aliphatic heterocycles. The van der Waals surface area contributed by atoms with Crippen LogP contribution in [0.1, 0.15) is 52.4 Å². The van der Waals surface area contributed by atoms with Crippen molar-refractivity contribution >= 4 is 17.8 Å². The summed E-state index contributed by atoms with van der Waals surface area (Å²) in [5.74, 6) is -1.08. The van der Waals surface area contributed by atoms with Crippen LogP contribution in [0.2, 0.25) is 0 Å². The van der Waals surface area contributed by atoms with Crippen LogP contribution in [0.25, 0.3) is 0 Å². The number of carboxylic acid groups (broad SMARTS) is 1. The number of nitrogens with one attached hydrogen (secondary N) is 2. The van der Waals surface area contributed by atoms with Gasteiger partial charge < -0.3 is 15.7 Å². The molecule has 1 fully saturated rings. The molecule has 0 radical (unpaired) electrons. The molecular formula is C15H26N2O4. The zero-order valence-electron chi connectivity index (χ0n) is 12.9. The molecular weight excluding hydrogens is 272 g/mol. The Hall–Kier alpha value is -1.59. The second kappa shape index (κ2) is 8.64. The number of hydrogen-bond donors (Lipinski definition) is 3. The minimum Gasteiger partial charge on any atom is -0.480 e. The van der Waals surface area contributed by atoms with Gasteiger partial charge in [0.25, 0.3) is 0 Å². The molecule has 0 unspecified atom stereocenters. The first kappa shape index (κ1) is 17.5. The lowest BCUT2D eigenvalue weighted by atomic mass is 10.0. The summed E-state index contributed by atoms with van der Waals surface area (Å²) in [6, 6.07) is -0.858. The Morgan fingerprint density at radius 1 is 1.19 bits per heavy atom. The first-order valence-electron chi connectivity index (χ1n) is 7.70. The minimum absolute atomic E-state index is 0.0114. The third kappa shape index (κ3) is 6.60. The largest absolute Gasteiger partial charge is 0.480 e. The smallest absolute Gasteiger partial charge is 0.326 e. The van der Waals surface area contributed by atoms with Crippen LogP contribution >= 0.6 is 0 Å². The summed E-state index contributed by atoms with van der Waals surface area (Å²) in [5, 5.41) is 14.3. The molecule has 120 valence electrons. The molecule has 0 bridgehead atoms. The Morgan fingerprint density at radius 3 is 2.33 bits per heavy atom. The van der Waals surface area contributed by atoms with Crippen molar-refractivity contribution in [2.45, 2.75) is 58.4 Å². The van der Waals surface area contributed by atoms with Crippen molar-refractivity contribution in [1.82, 2.24) is 10.6 Å². The van der Waals surface area contributed by atoms with Crippen LogP contribution in [-0.2, 0) is 14.4 Å². The van der Waals surface area contributed by atoms with Gasteiger partial charge in [-0.25, -0.2) is 4.79 Å². The fourth-order valence-corrected chi connectivity index (χ4v) is 2.59. The lowest BCUT2D eigenvalue weighted by Gasteiger charge is -2.16. The Bertz CT molecular complexity index is 376. The second-order valence-corrected chi connectivity index (χ2v) is 6.11. The van der Waals surface area contributed by atoms with Crippen LogP contribution < -0.4 is 10.6 Å². The lowest BCUT2D eigenvalue weighted by Crippen LogP contribution is -2.43. The van der Waals surface area contributed by atoms with E-state index in [4.69, 9.17) is 5.11 Å². The molecule has 1 rings (SSSR count). The SMILES string of the molecule is CC(C)C[C@@H](NC(=O)CCNC(=O)C1CCCC1)C(=O)O. The topological polar surface area (TPSA) is 95.5 Å². The van der Waals surface area contributed by atoms with Gasteiger partial charge in [0.2, 0.25) is 11.8 Å². The van der Waals surface area contributed by atoms with Gasteiger partial charge >= 0.3 is 5.97 Å². The number of carbonyl (C=O) groups excluding carboxylic acids is 2. The van der Waals surface area contributed by atoms with E-state index in [1.165, 1.54) is 0 Å². The molecule has 6 heteroatoms. The molecule has 0 saturated heterocycles. The van der Waals surface area contributed by atoms with E-state index in [-0.39, 0.29) is 36.6 Å². The van der Waals surface area contributed by atoms with Crippen LogP contribution in [0.3, 0.4) is 0 Å². The van der Waals surface area contributed by atoms with Gasteiger partial charge in [-0.2, -0.15) is 0 Å². The highest BCUT2D eigenvalue weighted by atomic mass is 16.4. The number of rotatable bonds is 8. The van der Waals surface area contributed by atoms with E-state index in [0.29, 0.717) is 6.42 Å². The van der Waals surface area contributed by atoms with Crippen molar-refractivity contribution in [2.75, 3.05) is 6.54 Å². The van der Waals surface area contributed by atoms with E-state index in [2.05, 4.69) is 10.6 Å². The Kier molecular flexibility index (Phi) is 7.19. The lowest BCUT2D eigenvalue weighted by molar-refractivity contribution is -0.142. The number of aliphatic carboxylic acids is 1. The van der Waals surface area contributed by atoms with Crippen molar-refractivity contribution in [3.8, 4) is 0 Å². The van der Waals surface area contributed by atoms with E-state index >= 15 is 0 Å². The van der Waals surface area contributed by atoms with Gasteiger partial charge in [0, 0.05) is 18.9 Å². The molecule has 0 aromatic rings. The summed E-state index contributed by atoms with van der Waals surface area (Å²) >= 11 is 0. The molecule has 6 nitrogen and oxygen atoms in total. The molecule has 1 atom stereocenters. The Balaban J connectivity index is 2.25. The molecule has 0 spiro atoms. The Labute approximate surface area is 125 Å². The van der Waals surface area contributed by atoms with E-state index in [1.807, 2.05) is 13.8 Å². The molecule has 21 heavy (non-hydrogen) atoms. The maximum atomic E-state index is 11.8. The molecule has 1 aliphatic rings. The molecule has 1 aliphatic carbocycles. The van der Waals surface area contributed by atoms with Crippen LogP contribution in [0.4, 0.5) is 0 Å². The van der Waals surface area contributed by atoms with Crippen molar-refractivity contribution in [1.29, 1.82) is 0 Å². The van der Waals surface area contributed by atoms with Crippen LogP contribution in [0.5, 0.6) is 0 Å². The maximum Gasteiger partial charge on any atom is 0.326 e. The summed E-state index contributed by atoms with van der Waals surface area (Å²) in [7, 11) is 0. The minimum atomic E-state index is -1.02. The van der Waals surface area contributed by atoms with E-state index in [0.717, 1.165) is 25.7 Å². The van der Waals surface area contributed by atoms with Crippen molar-refractivity contribution in [3.05, 3.63) is 0 Å². The van der Waals surface area contributed by atoms with Gasteiger partial charge in [0.15, 0.2) is 0 Å². The predicted molar refractivity (Wildman–Crippen MR) is 78.6 cm³/mol. The fraction of sp³-hybridized carbons (Fsp3) is 0.800. The van der Waals surface area contributed by atoms with Crippen LogP contribution in [0, 0.1) is 11.8 Å². The standard InChI is InChI=1S/C15H26N2O4/c1-10(2)9-12(15(20)21)17-13(18)7-8-16-14(19)11-5-3-4-6-11/h10-12H,3-9H2,1-2H3,(H,16,19)(H,17,18)(H,20,21)/t12-/m1/s1. The van der Waals surface area contributed by atoms with E-state index in [9.17, 15) is 14.4 Å². The highest BCUT2D eigenvalue weighted by molar-refractivity contribution is 5.84. The van der Waals surface area contributed by atoms with Crippen molar-refractivity contribution < 1.29 is 19.5 Å². The zero-order valence-corrected chi connectivity index (χ0v) is 12.9. The van der Waals surface area contributed by atoms with Gasteiger partial charge in [0.1, 0.15) is 6.04 Å². The third-order valence-corrected chi connectivity index (χ3v) is 3.72. The first-order valence-corrected chi connectivity index (χ1v) is 7.70. The number of carboxylic acids is 1. The molecule has 0 aromatic heterocycles. The molecule has 1 saturated carbocycles. The normalized spacial score (nSPS) is 16.7. The predicted octanol–water partition coefficient (Wildman–Crippen LogP) is 1.30. The van der Waals surface area contributed by atoms with Gasteiger partial charge in [-0.15, -0.1) is 0 Å². The average molecular weight is 298 g/mol. The first-order chi connectivity index (χ1) is 9.90. The quantitative estimate of drug-likeness (QED) is 0.629. The fourth-order valence-electron chi connectivity index (χ4n) is 2.59. The number of amides is 2. The summed E-state index contributed by atoms with van der Waals surface area (Å²) in [4.78, 5) is 34.5. The Morgan fingerprint density at radius 2 is 1.81 bits per heavy atom. The van der Waals surface area contributed by atoms with Gasteiger partial charge in [-0.05, 0) is 25.2 Å². The summed E-state index contributed by atoms with van der Waals surface area (Å²) in [6.07, 6.45) is 4.54. The number of carbonyl (C=O) groups is 3. The van der Waals surface area contributed by atoms with Gasteiger partial charge in [-0.3, -0.25) is 9.59 Å². The van der Waals surface area contributed by atoms with E-state index in [1.54, 1.807) is 0 Å². The summed E-state index contributed by atoms with van der Waals surface area (Å²) in [5.41, 5.74) is 0. The molecule has 2 amide bonds. The molecule has 3 N–H and O–H groups in total. The highest BCUT2D eigenvalue weighted by Crippen LogP contribution is 2.24. The third-order valence-electron chi connectivity index (χ3n) is 3.72. The van der Waals surface area contributed by atoms with Gasteiger partial charge in [-0.1, -0.05) is 26.7 Å². The maximum absolute atomic E-state index is 11.8.